The maximum atomic E-state index is 10.9. The summed E-state index contributed by atoms with van der Waals surface area (Å²) in [6.07, 6.45) is 3.37. The minimum Gasteiger partial charge on any atom is -0.477 e. The van der Waals surface area contributed by atoms with Crippen molar-refractivity contribution in [2.45, 2.75) is 12.8 Å². The van der Waals surface area contributed by atoms with Crippen LogP contribution >= 0.6 is 11.6 Å². The number of hydrogen-bond donors (Lipinski definition) is 1. The van der Waals surface area contributed by atoms with Gasteiger partial charge >= 0.3 is 5.97 Å². The smallest absolute Gasteiger partial charge is 0.341 e. The molecule has 0 aromatic carbocycles. The average molecular weight is 228 g/mol. The topological polar surface area (TPSA) is 66.3 Å². The lowest BCUT2D eigenvalue weighted by Crippen LogP contribution is -2.22. The van der Waals surface area contributed by atoms with E-state index in [2.05, 4.69) is 9.97 Å². The fourth-order valence-electron chi connectivity index (χ4n) is 1.67. The van der Waals surface area contributed by atoms with Crippen molar-refractivity contribution in [3.8, 4) is 0 Å². The molecule has 15 heavy (non-hydrogen) atoms. The van der Waals surface area contributed by atoms with Crippen LogP contribution in [0, 0.1) is 0 Å². The van der Waals surface area contributed by atoms with Crippen LogP contribution in [0.15, 0.2) is 6.20 Å². The second-order valence-corrected chi connectivity index (χ2v) is 3.71. The Bertz CT molecular complexity index is 391. The summed E-state index contributed by atoms with van der Waals surface area (Å²) in [5.74, 6) is -0.589. The van der Waals surface area contributed by atoms with Crippen molar-refractivity contribution >= 4 is 23.4 Å². The Morgan fingerprint density at radius 2 is 2.13 bits per heavy atom. The molecule has 1 aromatic heterocycles. The molecule has 0 saturated carbocycles. The van der Waals surface area contributed by atoms with Crippen LogP contribution in [0.25, 0.3) is 0 Å². The van der Waals surface area contributed by atoms with Gasteiger partial charge in [-0.1, -0.05) is 0 Å². The predicted molar refractivity (Wildman–Crippen MR) is 55.4 cm³/mol. The number of rotatable bonds is 2. The molecule has 0 amide bonds. The van der Waals surface area contributed by atoms with Crippen LogP contribution in [0.1, 0.15) is 23.2 Å². The quantitative estimate of drug-likeness (QED) is 0.775. The number of anilines is 1. The lowest BCUT2D eigenvalue weighted by atomic mass is 10.3. The third-order valence-electron chi connectivity index (χ3n) is 2.38. The number of halogens is 1. The van der Waals surface area contributed by atoms with Crippen LogP contribution in [-0.2, 0) is 0 Å². The molecule has 0 spiro atoms. The highest BCUT2D eigenvalue weighted by Gasteiger charge is 2.21. The number of carboxylic acids is 1. The Kier molecular flexibility index (Phi) is 2.73. The van der Waals surface area contributed by atoms with E-state index >= 15 is 0 Å². The Hall–Kier alpha value is -1.36. The van der Waals surface area contributed by atoms with Crippen LogP contribution in [0.5, 0.6) is 0 Å². The summed E-state index contributed by atoms with van der Waals surface area (Å²) in [6, 6.07) is 0. The SMILES string of the molecule is O=C(O)c1cnc(Cl)nc1N1CCCC1. The second-order valence-electron chi connectivity index (χ2n) is 3.38. The van der Waals surface area contributed by atoms with E-state index in [1.54, 1.807) is 0 Å². The maximum absolute atomic E-state index is 10.9. The summed E-state index contributed by atoms with van der Waals surface area (Å²) in [7, 11) is 0. The van der Waals surface area contributed by atoms with E-state index in [4.69, 9.17) is 16.7 Å². The van der Waals surface area contributed by atoms with E-state index < -0.39 is 5.97 Å². The van der Waals surface area contributed by atoms with Gasteiger partial charge in [-0.15, -0.1) is 0 Å². The van der Waals surface area contributed by atoms with Crippen molar-refractivity contribution in [2.75, 3.05) is 18.0 Å². The molecule has 1 aliphatic rings. The number of carboxylic acid groups (broad SMARTS) is 1. The molecule has 1 aromatic rings. The molecule has 1 N–H and O–H groups in total. The highest BCUT2D eigenvalue weighted by molar-refractivity contribution is 6.28. The molecule has 1 fully saturated rings. The highest BCUT2D eigenvalue weighted by atomic mass is 35.5. The summed E-state index contributed by atoms with van der Waals surface area (Å²) in [6.45, 7) is 1.65. The van der Waals surface area contributed by atoms with Crippen molar-refractivity contribution in [2.24, 2.45) is 0 Å². The molecule has 2 heterocycles. The summed E-state index contributed by atoms with van der Waals surface area (Å²) in [5.41, 5.74) is 0.112. The number of carbonyl (C=O) groups is 1. The van der Waals surface area contributed by atoms with Crippen LogP contribution < -0.4 is 4.90 Å². The van der Waals surface area contributed by atoms with Gasteiger partial charge in [0.05, 0.1) is 0 Å². The number of hydrogen-bond acceptors (Lipinski definition) is 4. The van der Waals surface area contributed by atoms with Gasteiger partial charge in [-0.25, -0.2) is 9.78 Å². The Balaban J connectivity index is 2.41. The molecule has 1 aliphatic heterocycles. The molecule has 0 radical (unpaired) electrons. The minimum atomic E-state index is -1.02. The van der Waals surface area contributed by atoms with Crippen molar-refractivity contribution in [3.05, 3.63) is 17.0 Å². The Morgan fingerprint density at radius 1 is 1.47 bits per heavy atom. The van der Waals surface area contributed by atoms with Gasteiger partial charge in [-0.3, -0.25) is 0 Å². The lowest BCUT2D eigenvalue weighted by molar-refractivity contribution is 0.0696. The molecule has 6 heteroatoms. The summed E-state index contributed by atoms with van der Waals surface area (Å²) < 4.78 is 0. The number of aromatic carboxylic acids is 1. The first kappa shape index (κ1) is 10.2. The third kappa shape index (κ3) is 2.02. The van der Waals surface area contributed by atoms with Gasteiger partial charge in [0.1, 0.15) is 11.4 Å². The Labute approximate surface area is 91.7 Å². The number of aromatic nitrogens is 2. The molecule has 0 atom stereocenters. The zero-order valence-corrected chi connectivity index (χ0v) is 8.74. The van der Waals surface area contributed by atoms with Crippen LogP contribution in [-0.4, -0.2) is 34.1 Å². The maximum Gasteiger partial charge on any atom is 0.341 e. The lowest BCUT2D eigenvalue weighted by Gasteiger charge is -2.17. The molecular formula is C9H10ClN3O2. The van der Waals surface area contributed by atoms with E-state index in [9.17, 15) is 4.79 Å². The van der Waals surface area contributed by atoms with Gasteiger partial charge in [-0.05, 0) is 24.4 Å². The Morgan fingerprint density at radius 3 is 2.73 bits per heavy atom. The van der Waals surface area contributed by atoms with Gasteiger partial charge in [0, 0.05) is 19.3 Å². The normalized spacial score (nSPS) is 15.7. The van der Waals surface area contributed by atoms with Gasteiger partial charge in [0.25, 0.3) is 0 Å². The minimum absolute atomic E-state index is 0.0851. The number of nitrogens with zero attached hydrogens (tertiary/aromatic N) is 3. The highest BCUT2D eigenvalue weighted by Crippen LogP contribution is 2.22. The zero-order valence-electron chi connectivity index (χ0n) is 7.98. The zero-order chi connectivity index (χ0) is 10.8. The first-order valence-corrected chi connectivity index (χ1v) is 5.07. The van der Waals surface area contributed by atoms with Crippen molar-refractivity contribution in [1.82, 2.24) is 9.97 Å². The molecular weight excluding hydrogens is 218 g/mol. The third-order valence-corrected chi connectivity index (χ3v) is 2.56. The van der Waals surface area contributed by atoms with Crippen molar-refractivity contribution in [3.63, 3.8) is 0 Å². The fourth-order valence-corrected chi connectivity index (χ4v) is 1.80. The van der Waals surface area contributed by atoms with Gasteiger partial charge < -0.3 is 10.0 Å². The van der Waals surface area contributed by atoms with E-state index in [1.165, 1.54) is 6.20 Å². The van der Waals surface area contributed by atoms with Gasteiger partial charge in [0.15, 0.2) is 0 Å². The first-order chi connectivity index (χ1) is 7.18. The van der Waals surface area contributed by atoms with E-state index in [1.807, 2.05) is 4.90 Å². The fraction of sp³-hybridized carbons (Fsp3) is 0.444. The second kappa shape index (κ2) is 4.02. The van der Waals surface area contributed by atoms with Crippen LogP contribution in [0.4, 0.5) is 5.82 Å². The van der Waals surface area contributed by atoms with Crippen LogP contribution in [0.3, 0.4) is 0 Å². The van der Waals surface area contributed by atoms with Crippen molar-refractivity contribution < 1.29 is 9.90 Å². The standard InChI is InChI=1S/C9H10ClN3O2/c10-9-11-5-6(8(14)15)7(12-9)13-3-1-2-4-13/h5H,1-4H2,(H,14,15). The molecule has 80 valence electrons. The average Bonchev–Trinajstić information content (AvgIpc) is 2.69. The molecule has 0 bridgehead atoms. The van der Waals surface area contributed by atoms with Gasteiger partial charge in [0.2, 0.25) is 5.28 Å². The molecule has 5 nitrogen and oxygen atoms in total. The summed E-state index contributed by atoms with van der Waals surface area (Å²) in [5, 5.41) is 9.05. The van der Waals surface area contributed by atoms with E-state index in [0.717, 1.165) is 25.9 Å². The summed E-state index contributed by atoms with van der Waals surface area (Å²) in [4.78, 5) is 20.5. The largest absolute Gasteiger partial charge is 0.477 e. The molecule has 1 saturated heterocycles. The first-order valence-electron chi connectivity index (χ1n) is 4.69. The molecule has 2 rings (SSSR count). The summed E-state index contributed by atoms with van der Waals surface area (Å²) >= 11 is 5.66. The van der Waals surface area contributed by atoms with Crippen molar-refractivity contribution in [1.29, 1.82) is 0 Å². The van der Waals surface area contributed by atoms with E-state index in [0.29, 0.717) is 5.82 Å². The molecule has 0 aliphatic carbocycles. The predicted octanol–water partition coefficient (Wildman–Crippen LogP) is 1.43. The molecule has 0 unspecified atom stereocenters. The monoisotopic (exact) mass is 227 g/mol. The van der Waals surface area contributed by atoms with E-state index in [-0.39, 0.29) is 10.8 Å². The van der Waals surface area contributed by atoms with Gasteiger partial charge in [-0.2, -0.15) is 4.98 Å². The van der Waals surface area contributed by atoms with Crippen LogP contribution in [0.2, 0.25) is 5.28 Å².